The molecule has 0 aliphatic heterocycles. The fraction of sp³-hybridized carbons (Fsp3) is 0.300. The number of hydrogen-bond donors (Lipinski definition) is 1. The maximum Gasteiger partial charge on any atom is 0.165 e. The molecule has 0 aromatic heterocycles. The van der Waals surface area contributed by atoms with E-state index < -0.39 is 0 Å². The smallest absolute Gasteiger partial charge is 0.165 e. The van der Waals surface area contributed by atoms with Crippen LogP contribution in [-0.4, -0.2) is 14.2 Å². The van der Waals surface area contributed by atoms with Gasteiger partial charge >= 0.3 is 0 Å². The lowest BCUT2D eigenvalue weighted by molar-refractivity contribution is 0.351. The Hall–Kier alpha value is -1.73. The predicted octanol–water partition coefficient (Wildman–Crippen LogP) is 1.03. The third kappa shape index (κ3) is 1.78. The van der Waals surface area contributed by atoms with Crippen molar-refractivity contribution in [2.24, 2.45) is 5.73 Å². The SMILES string of the molecule is COc1cc(C#N)cc(CN)c1OC. The van der Waals surface area contributed by atoms with Gasteiger partial charge in [-0.05, 0) is 6.07 Å². The van der Waals surface area contributed by atoms with E-state index in [4.69, 9.17) is 20.5 Å². The lowest BCUT2D eigenvalue weighted by atomic mass is 10.1. The van der Waals surface area contributed by atoms with Crippen molar-refractivity contribution < 1.29 is 9.47 Å². The summed E-state index contributed by atoms with van der Waals surface area (Å²) >= 11 is 0. The lowest BCUT2D eigenvalue weighted by Crippen LogP contribution is -2.02. The fourth-order valence-electron chi connectivity index (χ4n) is 1.26. The van der Waals surface area contributed by atoms with Crippen LogP contribution in [0.3, 0.4) is 0 Å². The van der Waals surface area contributed by atoms with Crippen molar-refractivity contribution in [3.8, 4) is 17.6 Å². The predicted molar refractivity (Wildman–Crippen MR) is 52.2 cm³/mol. The zero-order valence-electron chi connectivity index (χ0n) is 8.20. The molecule has 4 nitrogen and oxygen atoms in total. The van der Waals surface area contributed by atoms with E-state index in [-0.39, 0.29) is 0 Å². The Balaban J connectivity index is 3.33. The molecule has 14 heavy (non-hydrogen) atoms. The third-order valence-corrected chi connectivity index (χ3v) is 1.90. The van der Waals surface area contributed by atoms with Crippen molar-refractivity contribution in [1.29, 1.82) is 5.26 Å². The molecule has 0 aliphatic rings. The Morgan fingerprint density at radius 2 is 2.07 bits per heavy atom. The summed E-state index contributed by atoms with van der Waals surface area (Å²) < 4.78 is 10.2. The van der Waals surface area contributed by atoms with Gasteiger partial charge in [0.15, 0.2) is 11.5 Å². The molecule has 0 atom stereocenters. The minimum Gasteiger partial charge on any atom is -0.493 e. The number of hydrogen-bond acceptors (Lipinski definition) is 4. The van der Waals surface area contributed by atoms with Gasteiger partial charge in [-0.2, -0.15) is 5.26 Å². The van der Waals surface area contributed by atoms with Crippen LogP contribution < -0.4 is 15.2 Å². The Morgan fingerprint density at radius 1 is 1.36 bits per heavy atom. The molecule has 0 saturated carbocycles. The highest BCUT2D eigenvalue weighted by Gasteiger charge is 2.10. The first-order chi connectivity index (χ1) is 6.76. The maximum absolute atomic E-state index is 8.75. The molecule has 1 aromatic rings. The van der Waals surface area contributed by atoms with E-state index in [9.17, 15) is 0 Å². The molecule has 0 amide bonds. The minimum atomic E-state index is 0.315. The molecule has 74 valence electrons. The van der Waals surface area contributed by atoms with Gasteiger partial charge < -0.3 is 15.2 Å². The van der Waals surface area contributed by atoms with Crippen LogP contribution >= 0.6 is 0 Å². The van der Waals surface area contributed by atoms with Crippen molar-refractivity contribution in [2.75, 3.05) is 14.2 Å². The Kier molecular flexibility index (Phi) is 3.32. The van der Waals surface area contributed by atoms with E-state index in [1.165, 1.54) is 7.11 Å². The quantitative estimate of drug-likeness (QED) is 0.776. The van der Waals surface area contributed by atoms with E-state index in [0.717, 1.165) is 5.56 Å². The monoisotopic (exact) mass is 192 g/mol. The average Bonchev–Trinajstić information content (AvgIpc) is 2.26. The molecule has 2 N–H and O–H groups in total. The number of rotatable bonds is 3. The topological polar surface area (TPSA) is 68.3 Å². The lowest BCUT2D eigenvalue weighted by Gasteiger charge is -2.11. The molecule has 0 unspecified atom stereocenters. The summed E-state index contributed by atoms with van der Waals surface area (Å²) in [6, 6.07) is 5.36. The van der Waals surface area contributed by atoms with Crippen LogP contribution in [0.25, 0.3) is 0 Å². The van der Waals surface area contributed by atoms with Crippen LogP contribution in [-0.2, 0) is 6.54 Å². The molecule has 0 fully saturated rings. The number of benzene rings is 1. The van der Waals surface area contributed by atoms with Crippen LogP contribution in [0, 0.1) is 11.3 Å². The Labute approximate surface area is 82.9 Å². The number of methoxy groups -OCH3 is 2. The number of nitrogens with two attached hydrogens (primary N) is 1. The Morgan fingerprint density at radius 3 is 2.50 bits per heavy atom. The van der Waals surface area contributed by atoms with Gasteiger partial charge in [0.2, 0.25) is 0 Å². The fourth-order valence-corrected chi connectivity index (χ4v) is 1.26. The summed E-state index contributed by atoms with van der Waals surface area (Å²) in [6.45, 7) is 0.315. The molecule has 0 heterocycles. The van der Waals surface area contributed by atoms with E-state index in [2.05, 4.69) is 0 Å². The minimum absolute atomic E-state index is 0.315. The molecule has 1 aromatic carbocycles. The summed E-state index contributed by atoms with van der Waals surface area (Å²) in [7, 11) is 3.07. The highest BCUT2D eigenvalue weighted by atomic mass is 16.5. The van der Waals surface area contributed by atoms with Crippen LogP contribution in [0.15, 0.2) is 12.1 Å². The molecular weight excluding hydrogens is 180 g/mol. The van der Waals surface area contributed by atoms with Crippen LogP contribution in [0.2, 0.25) is 0 Å². The molecule has 0 bridgehead atoms. The normalized spacial score (nSPS) is 9.29. The standard InChI is InChI=1S/C10H12N2O2/c1-13-9-4-7(5-11)3-8(6-12)10(9)14-2/h3-4H,6,12H2,1-2H3. The first kappa shape index (κ1) is 10.4. The summed E-state index contributed by atoms with van der Waals surface area (Å²) in [5, 5.41) is 8.75. The number of nitriles is 1. The largest absolute Gasteiger partial charge is 0.493 e. The van der Waals surface area contributed by atoms with Gasteiger partial charge in [-0.25, -0.2) is 0 Å². The first-order valence-electron chi connectivity index (χ1n) is 4.11. The second-order valence-corrected chi connectivity index (χ2v) is 2.69. The summed E-state index contributed by atoms with van der Waals surface area (Å²) in [6.07, 6.45) is 0. The zero-order valence-corrected chi connectivity index (χ0v) is 8.20. The molecule has 0 spiro atoms. The van der Waals surface area contributed by atoms with Crippen molar-refractivity contribution >= 4 is 0 Å². The van der Waals surface area contributed by atoms with E-state index >= 15 is 0 Å². The number of ether oxygens (including phenoxy) is 2. The van der Waals surface area contributed by atoms with Crippen LogP contribution in [0.4, 0.5) is 0 Å². The van der Waals surface area contributed by atoms with Gasteiger partial charge in [-0.3, -0.25) is 0 Å². The second kappa shape index (κ2) is 4.49. The van der Waals surface area contributed by atoms with Crippen LogP contribution in [0.1, 0.15) is 11.1 Å². The zero-order chi connectivity index (χ0) is 10.6. The summed E-state index contributed by atoms with van der Waals surface area (Å²) in [5.41, 5.74) is 6.81. The average molecular weight is 192 g/mol. The second-order valence-electron chi connectivity index (χ2n) is 2.69. The van der Waals surface area contributed by atoms with Crippen molar-refractivity contribution in [1.82, 2.24) is 0 Å². The van der Waals surface area contributed by atoms with Gasteiger partial charge in [0, 0.05) is 18.2 Å². The highest BCUT2D eigenvalue weighted by molar-refractivity contribution is 5.52. The highest BCUT2D eigenvalue weighted by Crippen LogP contribution is 2.31. The molecule has 0 aliphatic carbocycles. The van der Waals surface area contributed by atoms with Gasteiger partial charge in [-0.15, -0.1) is 0 Å². The van der Waals surface area contributed by atoms with Gasteiger partial charge in [0.25, 0.3) is 0 Å². The van der Waals surface area contributed by atoms with Gasteiger partial charge in [0.05, 0.1) is 25.9 Å². The summed E-state index contributed by atoms with van der Waals surface area (Å²) in [5.74, 6) is 1.13. The van der Waals surface area contributed by atoms with Gasteiger partial charge in [-0.1, -0.05) is 0 Å². The van der Waals surface area contributed by atoms with E-state index in [1.54, 1.807) is 19.2 Å². The van der Waals surface area contributed by atoms with Crippen molar-refractivity contribution in [2.45, 2.75) is 6.54 Å². The molecule has 0 saturated heterocycles. The molecule has 4 heteroatoms. The third-order valence-electron chi connectivity index (χ3n) is 1.90. The molecule has 1 rings (SSSR count). The van der Waals surface area contributed by atoms with E-state index in [0.29, 0.717) is 23.6 Å². The molecule has 0 radical (unpaired) electrons. The molecular formula is C10H12N2O2. The van der Waals surface area contributed by atoms with Gasteiger partial charge in [0.1, 0.15) is 0 Å². The Bertz CT molecular complexity index is 344. The van der Waals surface area contributed by atoms with Crippen LogP contribution in [0.5, 0.6) is 11.5 Å². The van der Waals surface area contributed by atoms with E-state index in [1.807, 2.05) is 6.07 Å². The van der Waals surface area contributed by atoms with Crippen molar-refractivity contribution in [3.63, 3.8) is 0 Å². The van der Waals surface area contributed by atoms with Crippen molar-refractivity contribution in [3.05, 3.63) is 23.3 Å². The number of nitrogens with zero attached hydrogens (tertiary/aromatic N) is 1. The first-order valence-corrected chi connectivity index (χ1v) is 4.11. The maximum atomic E-state index is 8.75. The summed E-state index contributed by atoms with van der Waals surface area (Å²) in [4.78, 5) is 0.